The van der Waals surface area contributed by atoms with Gasteiger partial charge in [-0.1, -0.05) is 113 Å². The molecule has 0 fully saturated rings. The van der Waals surface area contributed by atoms with Crippen LogP contribution in [0.3, 0.4) is 0 Å². The summed E-state index contributed by atoms with van der Waals surface area (Å²) in [6.07, 6.45) is 7.13. The van der Waals surface area contributed by atoms with E-state index in [9.17, 15) is 105 Å². The number of allylic oxidation sites excluding steroid dienone is 2. The van der Waals surface area contributed by atoms with Gasteiger partial charge in [0.15, 0.2) is 57.9 Å². The average molecular weight is 1710 g/mol. The molecule has 126 heavy (non-hydrogen) atoms. The molecule has 2 heterocycles. The zero-order valence-electron chi connectivity index (χ0n) is 73.9. The molecule has 15 N–H and O–H groups in total. The number of phenols is 14. The van der Waals surface area contributed by atoms with E-state index in [0.717, 1.165) is 57.3 Å². The zero-order chi connectivity index (χ0) is 93.1. The molecule has 0 aromatic heterocycles. The van der Waals surface area contributed by atoms with Gasteiger partial charge in [0, 0.05) is 151 Å². The maximum Gasteiger partial charge on any atom is 0.256 e. The number of fused-ring (bicyclic) bond motifs is 7. The molecule has 1 amide bonds. The molecular formula is C102H102N2O22. The van der Waals surface area contributed by atoms with Gasteiger partial charge in [-0.3, -0.25) is 38.6 Å². The first-order valence-corrected chi connectivity index (χ1v) is 41.2. The highest BCUT2D eigenvalue weighted by molar-refractivity contribution is 6.32. The minimum Gasteiger partial charge on any atom is -0.507 e. The Balaban J connectivity index is 0.000000157. The van der Waals surface area contributed by atoms with Crippen LogP contribution < -0.4 is 31.8 Å². The Bertz CT molecular complexity index is 6950. The molecule has 0 unspecified atom stereocenters. The second kappa shape index (κ2) is 34.0. The number of hydrogen-bond donors (Lipinski definition) is 15. The van der Waals surface area contributed by atoms with E-state index < -0.39 is 62.1 Å². The topological polar surface area (TPSA) is 436 Å². The van der Waals surface area contributed by atoms with Crippen molar-refractivity contribution in [3.8, 4) is 131 Å². The van der Waals surface area contributed by atoms with Gasteiger partial charge in [0.05, 0.1) is 29.5 Å². The first-order chi connectivity index (χ1) is 59.1. The number of phenolic OH excluding ortho intramolecular Hbond substituents is 14. The Morgan fingerprint density at radius 2 is 0.770 bits per heavy atom. The highest BCUT2D eigenvalue weighted by Gasteiger charge is 2.36. The minimum atomic E-state index is -0.882. The zero-order valence-corrected chi connectivity index (χ0v) is 73.9. The van der Waals surface area contributed by atoms with Crippen molar-refractivity contribution < 1.29 is 90.6 Å². The third-order valence-electron chi connectivity index (χ3n) is 24.1. The van der Waals surface area contributed by atoms with Crippen LogP contribution in [0.4, 0.5) is 5.69 Å². The van der Waals surface area contributed by atoms with Gasteiger partial charge < -0.3 is 81.5 Å². The minimum absolute atomic E-state index is 0.00387. The molecule has 4 aliphatic rings. The number of rotatable bonds is 13. The summed E-state index contributed by atoms with van der Waals surface area (Å²) in [5.41, 5.74) is 6.65. The fourth-order valence-electron chi connectivity index (χ4n) is 18.2. The van der Waals surface area contributed by atoms with Crippen molar-refractivity contribution in [1.82, 2.24) is 0 Å². The standard InChI is InChI=1S/C30H30O8.C29H28O7.C29H32O5.C14H12N2O2/c1-11(2)19-15-7-13(5)21(27(35)23(15)17(9-31)25(33)29(19)37)22-14(6)8-16-20(12(3)4)30(38)26(34)18(10-32)24(16)28(22)36;1-10(2)18-22-15(8-12(5)24(18)31)27(34)20(13(6)25(22)32)21-14(7)26(33)23-16(28(21)35)9-17(30)29(36)19(23)11(3)4;1-12(2)22-17-8-14(5)24(27(32)19(17)10-16(7)26(22)31)25-15(6)9-18-20(28(25)33)11-21(30)29(34)23(18)13(3)4;1-18-10-4-5-13-11(8-10)12(14(17)16-13)7-9-3-2-6-15-9/h7-12,33-38H,1-6H3;8-11,31-32,34H,1-7H3;8-13,30-34H,1-7H3;3-8H,2H2,1H3,(H,16,17)/b;;;12-7-. The lowest BCUT2D eigenvalue weighted by Gasteiger charge is -2.23. The number of aromatic hydroxyl groups is 14. The van der Waals surface area contributed by atoms with Crippen molar-refractivity contribution in [2.24, 2.45) is 4.99 Å². The van der Waals surface area contributed by atoms with Crippen molar-refractivity contribution >= 4 is 89.8 Å². The van der Waals surface area contributed by atoms with Crippen LogP contribution in [0.2, 0.25) is 0 Å². The van der Waals surface area contributed by atoms with E-state index in [4.69, 9.17) is 4.74 Å². The molecule has 0 radical (unpaired) electrons. The lowest BCUT2D eigenvalue weighted by molar-refractivity contribution is -0.110. The van der Waals surface area contributed by atoms with Gasteiger partial charge >= 0.3 is 0 Å². The van der Waals surface area contributed by atoms with Crippen LogP contribution in [0.5, 0.6) is 86.2 Å². The predicted molar refractivity (Wildman–Crippen MR) is 495 cm³/mol. The molecule has 652 valence electrons. The number of amides is 1. The number of methoxy groups -OCH3 is 1. The quantitative estimate of drug-likeness (QED) is 0.0168. The SMILES string of the molecule is COc1ccc2c(c1)/C(=C/C1=CCC=N1)C(=O)N2.Cc1cc2c(C(C)C)c(O)c(O)c(C=O)c2c(O)c1-c1c(C)cc2c(C(C)C)c(O)c(O)c(C=O)c2c1O.Cc1cc2c(O)c(-c3c(C)c(=O)c4c(C(C)C)c(=O)c(=O)cc-4c3=O)c(C)c(O)c2c(C(C)C)c1O.Cc1cc2c(O)c(-c3c(C)cc4c(C(C)C)c(O)c(O)cc4c3O)c(C)cc2c(C(C)C)c1O. The van der Waals surface area contributed by atoms with Crippen LogP contribution in [0.15, 0.2) is 109 Å². The third kappa shape index (κ3) is 14.8. The van der Waals surface area contributed by atoms with Crippen molar-refractivity contribution in [1.29, 1.82) is 0 Å². The number of aryl methyl sites for hydroxylation is 6. The fourth-order valence-corrected chi connectivity index (χ4v) is 18.2. The number of nitrogens with zero attached hydrogens (tertiary/aromatic N) is 1. The molecule has 11 aromatic rings. The van der Waals surface area contributed by atoms with Gasteiger partial charge in [-0.15, -0.1) is 0 Å². The monoisotopic (exact) mass is 1710 g/mol. The smallest absolute Gasteiger partial charge is 0.256 e. The Hall–Kier alpha value is -14.4. The number of aliphatic imine (C=N–C) groups is 1. The molecular weight excluding hydrogens is 1610 g/mol. The lowest BCUT2D eigenvalue weighted by Crippen LogP contribution is -2.35. The molecule has 15 rings (SSSR count). The van der Waals surface area contributed by atoms with Crippen molar-refractivity contribution in [2.75, 3.05) is 12.4 Å². The summed E-state index contributed by atoms with van der Waals surface area (Å²) in [5, 5.41) is 160. The van der Waals surface area contributed by atoms with Crippen LogP contribution in [-0.2, 0) is 4.79 Å². The van der Waals surface area contributed by atoms with E-state index in [0.29, 0.717) is 101 Å². The molecule has 11 aromatic carbocycles. The largest absolute Gasteiger partial charge is 0.507 e. The molecule has 0 bridgehead atoms. The first-order valence-electron chi connectivity index (χ1n) is 41.2. The molecule has 0 spiro atoms. The summed E-state index contributed by atoms with van der Waals surface area (Å²) in [6, 6.07) is 18.2. The number of aldehydes is 2. The lowest BCUT2D eigenvalue weighted by atomic mass is 9.82. The van der Waals surface area contributed by atoms with E-state index >= 15 is 0 Å². The number of hydrogen-bond acceptors (Lipinski definition) is 23. The summed E-state index contributed by atoms with van der Waals surface area (Å²) in [7, 11) is 1.61. The summed E-state index contributed by atoms with van der Waals surface area (Å²) in [4.78, 5) is 92.4. The molecule has 24 nitrogen and oxygen atoms in total. The second-order valence-corrected chi connectivity index (χ2v) is 34.4. The van der Waals surface area contributed by atoms with E-state index in [1.165, 1.54) is 26.0 Å². The average Bonchev–Trinajstić information content (AvgIpc) is 0.847. The fraction of sp³-hybridized carbons (Fsp3) is 0.275. The molecule has 0 saturated carbocycles. The summed E-state index contributed by atoms with van der Waals surface area (Å²) in [5.74, 6) is -4.46. The maximum atomic E-state index is 13.8. The Morgan fingerprint density at radius 3 is 1.21 bits per heavy atom. The Labute approximate surface area is 725 Å². The van der Waals surface area contributed by atoms with E-state index in [2.05, 4.69) is 10.3 Å². The molecule has 2 aliphatic heterocycles. The molecule has 24 heteroatoms. The highest BCUT2D eigenvalue weighted by atomic mass is 16.5. The third-order valence-corrected chi connectivity index (χ3v) is 24.1. The molecule has 0 atom stereocenters. The summed E-state index contributed by atoms with van der Waals surface area (Å²) in [6.45, 7) is 35.5. The predicted octanol–water partition coefficient (Wildman–Crippen LogP) is 20.3. The van der Waals surface area contributed by atoms with Crippen LogP contribution in [0, 0.1) is 55.4 Å². The van der Waals surface area contributed by atoms with Gasteiger partial charge in [-0.2, -0.15) is 0 Å². The second-order valence-electron chi connectivity index (χ2n) is 34.4. The Morgan fingerprint density at radius 1 is 0.357 bits per heavy atom. The molecule has 2 aliphatic carbocycles. The van der Waals surface area contributed by atoms with E-state index in [-0.39, 0.29) is 164 Å². The van der Waals surface area contributed by atoms with Crippen molar-refractivity contribution in [3.63, 3.8) is 0 Å². The maximum absolute atomic E-state index is 13.8. The molecule has 0 saturated heterocycles. The number of anilines is 1. The number of ether oxygens (including phenoxy) is 1. The van der Waals surface area contributed by atoms with Gasteiger partial charge in [0.25, 0.3) is 5.91 Å². The number of benzene rings is 13. The van der Waals surface area contributed by atoms with Gasteiger partial charge in [0.1, 0.15) is 51.7 Å². The number of carbonyl (C=O) groups is 3. The van der Waals surface area contributed by atoms with Gasteiger partial charge in [-0.05, 0) is 188 Å². The summed E-state index contributed by atoms with van der Waals surface area (Å²) < 4.78 is 5.18. The normalized spacial score (nSPS) is 12.8. The Kier molecular flexibility index (Phi) is 24.5. The highest BCUT2D eigenvalue weighted by Crippen LogP contribution is 2.58. The van der Waals surface area contributed by atoms with E-state index in [1.54, 1.807) is 94.5 Å². The van der Waals surface area contributed by atoms with Crippen LogP contribution in [-0.4, -0.2) is 103 Å². The van der Waals surface area contributed by atoms with Crippen LogP contribution >= 0.6 is 0 Å². The summed E-state index contributed by atoms with van der Waals surface area (Å²) >= 11 is 0. The van der Waals surface area contributed by atoms with Crippen molar-refractivity contribution in [3.05, 3.63) is 220 Å². The van der Waals surface area contributed by atoms with Gasteiger partial charge in [-0.25, -0.2) is 0 Å². The van der Waals surface area contributed by atoms with E-state index in [1.807, 2.05) is 104 Å². The van der Waals surface area contributed by atoms with Crippen LogP contribution in [0.1, 0.15) is 229 Å². The number of nitrogens with one attached hydrogen (secondary N) is 1. The number of carbonyl (C=O) groups excluding carboxylic acids is 3. The first kappa shape index (κ1) is 90.8. The van der Waals surface area contributed by atoms with Crippen molar-refractivity contribution in [2.45, 2.75) is 180 Å². The van der Waals surface area contributed by atoms with Gasteiger partial charge in [0.2, 0.25) is 10.9 Å². The van der Waals surface area contributed by atoms with Crippen LogP contribution in [0.25, 0.3) is 104 Å².